The van der Waals surface area contributed by atoms with E-state index in [9.17, 15) is 21.6 Å². The molecule has 84 valence electrons. The number of nitrogens with two attached hydrogens (primary N) is 1. The van der Waals surface area contributed by atoms with E-state index in [1.807, 2.05) is 0 Å². The predicted molar refractivity (Wildman–Crippen MR) is 44.2 cm³/mol. The highest BCUT2D eigenvalue weighted by Gasteiger charge is 2.12. The lowest BCUT2D eigenvalue weighted by Gasteiger charge is -2.02. The maximum Gasteiger partial charge on any atom is 0.333 e. The Morgan fingerprint density at radius 2 is 1.67 bits per heavy atom. The van der Waals surface area contributed by atoms with Crippen LogP contribution < -0.4 is 5.14 Å². The van der Waals surface area contributed by atoms with Gasteiger partial charge in [0.2, 0.25) is 0 Å². The SMILES string of the molecule is NS(=O)(=O)OCc1cc(F)c(F)c(F)c1. The van der Waals surface area contributed by atoms with Gasteiger partial charge < -0.3 is 0 Å². The standard InChI is InChI=1S/C7H6F3NO3S/c8-5-1-4(2-6(9)7(5)10)3-14-15(11,12)13/h1-2H,3H2,(H2,11,12,13). The Kier molecular flexibility index (Phi) is 3.32. The van der Waals surface area contributed by atoms with Crippen molar-refractivity contribution in [2.24, 2.45) is 5.14 Å². The number of rotatable bonds is 3. The molecule has 0 fully saturated rings. The Morgan fingerprint density at radius 3 is 2.07 bits per heavy atom. The summed E-state index contributed by atoms with van der Waals surface area (Å²) in [5.74, 6) is -4.49. The molecule has 1 rings (SSSR count). The first-order chi connectivity index (χ1) is 6.79. The molecule has 1 aromatic carbocycles. The summed E-state index contributed by atoms with van der Waals surface area (Å²) in [5.41, 5.74) is -0.180. The van der Waals surface area contributed by atoms with E-state index in [1.54, 1.807) is 0 Å². The van der Waals surface area contributed by atoms with Crippen LogP contribution in [0.2, 0.25) is 0 Å². The molecule has 0 aromatic heterocycles. The Balaban J connectivity index is 2.89. The second-order valence-corrected chi connectivity index (χ2v) is 3.85. The largest absolute Gasteiger partial charge is 0.333 e. The van der Waals surface area contributed by atoms with Crippen molar-refractivity contribution in [3.63, 3.8) is 0 Å². The van der Waals surface area contributed by atoms with Gasteiger partial charge >= 0.3 is 10.3 Å². The van der Waals surface area contributed by atoms with Gasteiger partial charge in [-0.05, 0) is 17.7 Å². The molecule has 0 saturated carbocycles. The lowest BCUT2D eigenvalue weighted by molar-refractivity contribution is 0.306. The summed E-state index contributed by atoms with van der Waals surface area (Å²) in [6, 6.07) is 1.23. The normalized spacial score (nSPS) is 11.7. The topological polar surface area (TPSA) is 69.4 Å². The second-order valence-electron chi connectivity index (χ2n) is 2.63. The van der Waals surface area contributed by atoms with Crippen LogP contribution in [0.15, 0.2) is 12.1 Å². The monoisotopic (exact) mass is 241 g/mol. The molecule has 0 unspecified atom stereocenters. The van der Waals surface area contributed by atoms with E-state index in [1.165, 1.54) is 0 Å². The fourth-order valence-corrected chi connectivity index (χ4v) is 1.14. The van der Waals surface area contributed by atoms with Gasteiger partial charge in [-0.25, -0.2) is 18.3 Å². The predicted octanol–water partition coefficient (Wildman–Crippen LogP) is 0.824. The molecule has 8 heteroatoms. The zero-order chi connectivity index (χ0) is 11.6. The zero-order valence-electron chi connectivity index (χ0n) is 7.21. The minimum Gasteiger partial charge on any atom is -0.253 e. The van der Waals surface area contributed by atoms with E-state index in [0.717, 1.165) is 0 Å². The van der Waals surface area contributed by atoms with Gasteiger partial charge in [0.15, 0.2) is 17.5 Å². The maximum absolute atomic E-state index is 12.6. The van der Waals surface area contributed by atoms with Gasteiger partial charge in [-0.2, -0.15) is 8.42 Å². The fourth-order valence-electron chi connectivity index (χ4n) is 0.842. The molecule has 0 atom stereocenters. The van der Waals surface area contributed by atoms with Crippen LogP contribution in [0.5, 0.6) is 0 Å². The van der Waals surface area contributed by atoms with E-state index in [2.05, 4.69) is 9.32 Å². The Morgan fingerprint density at radius 1 is 1.20 bits per heavy atom. The van der Waals surface area contributed by atoms with Gasteiger partial charge in [0.05, 0.1) is 6.61 Å². The number of halogens is 3. The fraction of sp³-hybridized carbons (Fsp3) is 0.143. The summed E-state index contributed by atoms with van der Waals surface area (Å²) >= 11 is 0. The molecule has 0 aliphatic heterocycles. The van der Waals surface area contributed by atoms with Crippen LogP contribution >= 0.6 is 0 Å². The number of hydrogen-bond acceptors (Lipinski definition) is 3. The average molecular weight is 241 g/mol. The third-order valence-electron chi connectivity index (χ3n) is 1.43. The lowest BCUT2D eigenvalue weighted by Crippen LogP contribution is -2.15. The van der Waals surface area contributed by atoms with Gasteiger partial charge in [-0.1, -0.05) is 0 Å². The number of benzene rings is 1. The Bertz CT molecular complexity index is 451. The molecule has 0 bridgehead atoms. The first-order valence-electron chi connectivity index (χ1n) is 3.60. The zero-order valence-corrected chi connectivity index (χ0v) is 8.02. The minimum atomic E-state index is -4.20. The summed E-state index contributed by atoms with van der Waals surface area (Å²) in [6.45, 7) is -0.660. The first kappa shape index (κ1) is 12.0. The van der Waals surface area contributed by atoms with Gasteiger partial charge in [0.25, 0.3) is 0 Å². The molecular formula is C7H6F3NO3S. The Hall–Kier alpha value is -1.12. The van der Waals surface area contributed by atoms with Gasteiger partial charge in [-0.3, -0.25) is 4.18 Å². The molecule has 0 radical (unpaired) electrons. The molecule has 0 aliphatic rings. The molecule has 0 aliphatic carbocycles. The summed E-state index contributed by atoms with van der Waals surface area (Å²) in [7, 11) is -4.20. The highest BCUT2D eigenvalue weighted by Crippen LogP contribution is 2.14. The van der Waals surface area contributed by atoms with E-state index in [4.69, 9.17) is 0 Å². The molecule has 0 amide bonds. The second kappa shape index (κ2) is 4.17. The highest BCUT2D eigenvalue weighted by molar-refractivity contribution is 7.84. The van der Waals surface area contributed by atoms with Crippen molar-refractivity contribution >= 4 is 10.3 Å². The quantitative estimate of drug-likeness (QED) is 0.796. The van der Waals surface area contributed by atoms with E-state index >= 15 is 0 Å². The van der Waals surface area contributed by atoms with Crippen molar-refractivity contribution < 1.29 is 25.8 Å². The van der Waals surface area contributed by atoms with Crippen molar-refractivity contribution in [3.05, 3.63) is 35.1 Å². The van der Waals surface area contributed by atoms with E-state index in [-0.39, 0.29) is 5.56 Å². The van der Waals surface area contributed by atoms with Crippen molar-refractivity contribution in [3.8, 4) is 0 Å². The van der Waals surface area contributed by atoms with Crippen molar-refractivity contribution in [1.82, 2.24) is 0 Å². The van der Waals surface area contributed by atoms with Gasteiger partial charge in [0.1, 0.15) is 0 Å². The van der Waals surface area contributed by atoms with Gasteiger partial charge in [-0.15, -0.1) is 0 Å². The van der Waals surface area contributed by atoms with Crippen molar-refractivity contribution in [2.75, 3.05) is 0 Å². The first-order valence-corrected chi connectivity index (χ1v) is 5.07. The smallest absolute Gasteiger partial charge is 0.253 e. The molecule has 0 saturated heterocycles. The third kappa shape index (κ3) is 3.50. The lowest BCUT2D eigenvalue weighted by atomic mass is 10.2. The number of hydrogen-bond donors (Lipinski definition) is 1. The minimum absolute atomic E-state index is 0.180. The summed E-state index contributed by atoms with van der Waals surface area (Å²) < 4.78 is 62.4. The maximum atomic E-state index is 12.6. The van der Waals surface area contributed by atoms with Crippen LogP contribution in [0.25, 0.3) is 0 Å². The summed E-state index contributed by atoms with van der Waals surface area (Å²) in [6.07, 6.45) is 0. The van der Waals surface area contributed by atoms with Crippen molar-refractivity contribution in [2.45, 2.75) is 6.61 Å². The van der Waals surface area contributed by atoms with Gasteiger partial charge in [0, 0.05) is 0 Å². The summed E-state index contributed by atoms with van der Waals surface area (Å²) in [4.78, 5) is 0. The third-order valence-corrected chi connectivity index (χ3v) is 1.88. The van der Waals surface area contributed by atoms with E-state index in [0.29, 0.717) is 12.1 Å². The van der Waals surface area contributed by atoms with Crippen LogP contribution in [0.3, 0.4) is 0 Å². The Labute approximate surface area is 83.7 Å². The van der Waals surface area contributed by atoms with Crippen LogP contribution in [-0.2, 0) is 21.1 Å². The van der Waals surface area contributed by atoms with E-state index < -0.39 is 34.4 Å². The summed E-state index contributed by atoms with van der Waals surface area (Å²) in [5, 5.41) is 4.48. The van der Waals surface area contributed by atoms with Crippen LogP contribution in [-0.4, -0.2) is 8.42 Å². The molecule has 2 N–H and O–H groups in total. The highest BCUT2D eigenvalue weighted by atomic mass is 32.2. The molecular weight excluding hydrogens is 235 g/mol. The molecule has 0 heterocycles. The van der Waals surface area contributed by atoms with Crippen LogP contribution in [0, 0.1) is 17.5 Å². The van der Waals surface area contributed by atoms with Crippen molar-refractivity contribution in [1.29, 1.82) is 0 Å². The molecule has 4 nitrogen and oxygen atoms in total. The molecule has 0 spiro atoms. The molecule has 15 heavy (non-hydrogen) atoms. The molecule has 1 aromatic rings. The van der Waals surface area contributed by atoms with Crippen LogP contribution in [0.1, 0.15) is 5.56 Å². The van der Waals surface area contributed by atoms with Crippen LogP contribution in [0.4, 0.5) is 13.2 Å². The average Bonchev–Trinajstić information content (AvgIpc) is 2.09.